The molecule has 0 radical (unpaired) electrons. The van der Waals surface area contributed by atoms with Gasteiger partial charge in [0.25, 0.3) is 0 Å². The molecular formula is C23H17F3N2O3. The Morgan fingerprint density at radius 1 is 0.710 bits per heavy atom. The normalized spacial score (nSPS) is 11.4. The Hall–Kier alpha value is -3.81. The summed E-state index contributed by atoms with van der Waals surface area (Å²) in [6.45, 7) is 0. The van der Waals surface area contributed by atoms with Gasteiger partial charge in [-0.2, -0.15) is 13.2 Å². The molecule has 0 aliphatic rings. The van der Waals surface area contributed by atoms with Gasteiger partial charge in [-0.15, -0.1) is 0 Å². The molecule has 4 rings (SSSR count). The van der Waals surface area contributed by atoms with Gasteiger partial charge >= 0.3 is 6.18 Å². The molecule has 0 bridgehead atoms. The maximum absolute atomic E-state index is 13.2. The predicted octanol–water partition coefficient (Wildman–Crippen LogP) is 6.13. The largest absolute Gasteiger partial charge is 0.496 e. The molecule has 0 spiro atoms. The van der Waals surface area contributed by atoms with Crippen molar-refractivity contribution in [3.63, 3.8) is 0 Å². The van der Waals surface area contributed by atoms with Gasteiger partial charge in [-0.3, -0.25) is 0 Å². The van der Waals surface area contributed by atoms with Crippen LogP contribution in [0.4, 0.5) is 13.2 Å². The van der Waals surface area contributed by atoms with Gasteiger partial charge in [-0.05, 0) is 18.2 Å². The maximum atomic E-state index is 13.2. The van der Waals surface area contributed by atoms with Crippen LogP contribution < -0.4 is 14.2 Å². The van der Waals surface area contributed by atoms with Crippen molar-refractivity contribution in [1.82, 2.24) is 9.97 Å². The summed E-state index contributed by atoms with van der Waals surface area (Å²) in [5, 5.41) is 0. The standard InChI is InChI=1S/C23H17F3N2O3/c1-29-16-11-17(30-2)13-18(12-16)31-22-21(14-6-4-3-5-7-14)27-19-9-8-15(23(24,25)26)10-20(19)28-22/h3-13H,1-2H3. The van der Waals surface area contributed by atoms with Crippen LogP contribution in [0, 0.1) is 0 Å². The Morgan fingerprint density at radius 2 is 1.35 bits per heavy atom. The fraction of sp³-hybridized carbons (Fsp3) is 0.130. The number of ether oxygens (including phenoxy) is 3. The molecule has 5 nitrogen and oxygen atoms in total. The van der Waals surface area contributed by atoms with E-state index in [1.54, 1.807) is 18.2 Å². The van der Waals surface area contributed by atoms with Crippen molar-refractivity contribution in [2.24, 2.45) is 0 Å². The fourth-order valence-electron chi connectivity index (χ4n) is 3.02. The first-order chi connectivity index (χ1) is 14.9. The first kappa shape index (κ1) is 20.5. The van der Waals surface area contributed by atoms with E-state index in [4.69, 9.17) is 14.2 Å². The summed E-state index contributed by atoms with van der Waals surface area (Å²) in [5.41, 5.74) is 0.689. The van der Waals surface area contributed by atoms with E-state index in [1.165, 1.54) is 20.3 Å². The van der Waals surface area contributed by atoms with Crippen LogP contribution in [0.15, 0.2) is 66.7 Å². The van der Waals surface area contributed by atoms with E-state index in [2.05, 4.69) is 9.97 Å². The molecule has 0 unspecified atom stereocenters. The van der Waals surface area contributed by atoms with Gasteiger partial charge in [0.2, 0.25) is 5.88 Å². The van der Waals surface area contributed by atoms with Crippen molar-refractivity contribution in [3.05, 3.63) is 72.3 Å². The Kier molecular flexibility index (Phi) is 5.37. The van der Waals surface area contributed by atoms with Gasteiger partial charge < -0.3 is 14.2 Å². The zero-order chi connectivity index (χ0) is 22.0. The summed E-state index contributed by atoms with van der Waals surface area (Å²) in [6.07, 6.45) is -4.49. The quantitative estimate of drug-likeness (QED) is 0.385. The topological polar surface area (TPSA) is 53.5 Å². The molecule has 158 valence electrons. The first-order valence-electron chi connectivity index (χ1n) is 9.23. The summed E-state index contributed by atoms with van der Waals surface area (Å²) in [7, 11) is 3.00. The van der Waals surface area contributed by atoms with E-state index in [-0.39, 0.29) is 11.4 Å². The van der Waals surface area contributed by atoms with E-state index in [0.717, 1.165) is 12.1 Å². The molecule has 1 heterocycles. The highest BCUT2D eigenvalue weighted by molar-refractivity contribution is 5.80. The molecule has 3 aromatic carbocycles. The Bertz CT molecular complexity index is 1210. The predicted molar refractivity (Wildman–Crippen MR) is 110 cm³/mol. The smallest absolute Gasteiger partial charge is 0.416 e. The number of hydrogen-bond acceptors (Lipinski definition) is 5. The number of rotatable bonds is 5. The minimum Gasteiger partial charge on any atom is -0.496 e. The van der Waals surface area contributed by atoms with Crippen molar-refractivity contribution >= 4 is 11.0 Å². The first-order valence-corrected chi connectivity index (χ1v) is 9.23. The highest BCUT2D eigenvalue weighted by Crippen LogP contribution is 2.37. The van der Waals surface area contributed by atoms with Crippen molar-refractivity contribution in [2.75, 3.05) is 14.2 Å². The van der Waals surface area contributed by atoms with Gasteiger partial charge in [-0.1, -0.05) is 30.3 Å². The van der Waals surface area contributed by atoms with Crippen molar-refractivity contribution < 1.29 is 27.4 Å². The Labute approximate surface area is 176 Å². The summed E-state index contributed by atoms with van der Waals surface area (Å²) in [6, 6.07) is 17.3. The van der Waals surface area contributed by atoms with E-state index in [0.29, 0.717) is 34.0 Å². The SMILES string of the molecule is COc1cc(OC)cc(Oc2nc3cc(C(F)(F)F)ccc3nc2-c2ccccc2)c1. The molecule has 0 aliphatic heterocycles. The van der Waals surface area contributed by atoms with Crippen LogP contribution in [0.3, 0.4) is 0 Å². The van der Waals surface area contributed by atoms with Crippen LogP contribution in [0.2, 0.25) is 0 Å². The second-order valence-electron chi connectivity index (χ2n) is 6.60. The number of hydrogen-bond donors (Lipinski definition) is 0. The van der Waals surface area contributed by atoms with Crippen molar-refractivity contribution in [1.29, 1.82) is 0 Å². The number of fused-ring (bicyclic) bond motifs is 1. The maximum Gasteiger partial charge on any atom is 0.416 e. The summed E-state index contributed by atoms with van der Waals surface area (Å²) < 4.78 is 56.0. The van der Waals surface area contributed by atoms with Crippen molar-refractivity contribution in [3.8, 4) is 34.4 Å². The molecule has 0 aliphatic carbocycles. The average Bonchev–Trinajstić information content (AvgIpc) is 2.78. The zero-order valence-electron chi connectivity index (χ0n) is 16.6. The molecule has 31 heavy (non-hydrogen) atoms. The van der Waals surface area contributed by atoms with Gasteiger partial charge in [0.15, 0.2) is 0 Å². The minimum absolute atomic E-state index is 0.0633. The Morgan fingerprint density at radius 3 is 1.97 bits per heavy atom. The van der Waals surface area contributed by atoms with E-state index in [1.807, 2.05) is 30.3 Å². The van der Waals surface area contributed by atoms with Gasteiger partial charge in [0, 0.05) is 23.8 Å². The van der Waals surface area contributed by atoms with Gasteiger partial charge in [-0.25, -0.2) is 9.97 Å². The molecule has 0 fully saturated rings. The van der Waals surface area contributed by atoms with E-state index in [9.17, 15) is 13.2 Å². The second kappa shape index (κ2) is 8.14. The van der Waals surface area contributed by atoms with E-state index >= 15 is 0 Å². The number of nitrogens with zero attached hydrogens (tertiary/aromatic N) is 2. The summed E-state index contributed by atoms with van der Waals surface area (Å²) >= 11 is 0. The minimum atomic E-state index is -4.49. The molecule has 0 saturated heterocycles. The lowest BCUT2D eigenvalue weighted by Gasteiger charge is -2.14. The lowest BCUT2D eigenvalue weighted by atomic mass is 10.1. The monoisotopic (exact) mass is 426 g/mol. The molecule has 4 aromatic rings. The molecule has 1 aromatic heterocycles. The van der Waals surface area contributed by atoms with Crippen LogP contribution >= 0.6 is 0 Å². The lowest BCUT2D eigenvalue weighted by Crippen LogP contribution is -2.05. The third-order valence-corrected chi connectivity index (χ3v) is 4.55. The van der Waals surface area contributed by atoms with Crippen LogP contribution in [-0.4, -0.2) is 24.2 Å². The second-order valence-corrected chi connectivity index (χ2v) is 6.60. The number of aromatic nitrogens is 2. The van der Waals surface area contributed by atoms with Crippen LogP contribution in [-0.2, 0) is 6.18 Å². The zero-order valence-corrected chi connectivity index (χ0v) is 16.6. The number of benzene rings is 3. The molecule has 0 amide bonds. The Balaban J connectivity index is 1.88. The van der Waals surface area contributed by atoms with Gasteiger partial charge in [0.1, 0.15) is 22.9 Å². The molecular weight excluding hydrogens is 409 g/mol. The molecule has 8 heteroatoms. The third kappa shape index (κ3) is 4.37. The number of alkyl halides is 3. The van der Waals surface area contributed by atoms with Crippen LogP contribution in [0.1, 0.15) is 5.56 Å². The highest BCUT2D eigenvalue weighted by Gasteiger charge is 2.31. The highest BCUT2D eigenvalue weighted by atomic mass is 19.4. The van der Waals surface area contributed by atoms with Gasteiger partial charge in [0.05, 0.1) is 30.8 Å². The lowest BCUT2D eigenvalue weighted by molar-refractivity contribution is -0.137. The van der Waals surface area contributed by atoms with Crippen molar-refractivity contribution in [2.45, 2.75) is 6.18 Å². The summed E-state index contributed by atoms with van der Waals surface area (Å²) in [5.74, 6) is 1.38. The van der Waals surface area contributed by atoms with Crippen LogP contribution in [0.25, 0.3) is 22.3 Å². The fourth-order valence-corrected chi connectivity index (χ4v) is 3.02. The summed E-state index contributed by atoms with van der Waals surface area (Å²) in [4.78, 5) is 8.90. The van der Waals surface area contributed by atoms with E-state index < -0.39 is 11.7 Å². The molecule has 0 saturated carbocycles. The van der Waals surface area contributed by atoms with Crippen LogP contribution in [0.5, 0.6) is 23.1 Å². The number of halogens is 3. The molecule has 0 atom stereocenters. The number of methoxy groups -OCH3 is 2. The molecule has 0 N–H and O–H groups in total. The average molecular weight is 426 g/mol. The third-order valence-electron chi connectivity index (χ3n) is 4.55.